The minimum absolute atomic E-state index is 0.658. The van der Waals surface area contributed by atoms with Crippen molar-refractivity contribution in [1.82, 2.24) is 5.16 Å². The van der Waals surface area contributed by atoms with E-state index in [9.17, 15) is 0 Å². The Labute approximate surface area is 105 Å². The SMILES string of the molecule is NCCCNc1cnoc1-c1cccc(Cl)c1. The molecule has 0 aliphatic carbocycles. The number of nitrogens with zero attached hydrogens (tertiary/aromatic N) is 1. The molecule has 4 nitrogen and oxygen atoms in total. The zero-order valence-electron chi connectivity index (χ0n) is 9.32. The molecule has 17 heavy (non-hydrogen) atoms. The Balaban J connectivity index is 2.18. The van der Waals surface area contributed by atoms with E-state index in [0.29, 0.717) is 17.3 Å². The van der Waals surface area contributed by atoms with Crippen LogP contribution in [0.3, 0.4) is 0 Å². The lowest BCUT2D eigenvalue weighted by molar-refractivity contribution is 0.432. The van der Waals surface area contributed by atoms with Crippen LogP contribution in [0.15, 0.2) is 35.0 Å². The number of rotatable bonds is 5. The van der Waals surface area contributed by atoms with Crippen LogP contribution in [0.1, 0.15) is 6.42 Å². The second kappa shape index (κ2) is 5.70. The maximum Gasteiger partial charge on any atom is 0.189 e. The molecule has 0 bridgehead atoms. The summed E-state index contributed by atoms with van der Waals surface area (Å²) >= 11 is 5.94. The molecule has 0 saturated heterocycles. The van der Waals surface area contributed by atoms with E-state index in [-0.39, 0.29) is 0 Å². The number of nitrogens with two attached hydrogens (primary N) is 1. The lowest BCUT2D eigenvalue weighted by Crippen LogP contribution is -2.08. The number of anilines is 1. The highest BCUT2D eigenvalue weighted by Crippen LogP contribution is 2.29. The van der Waals surface area contributed by atoms with Gasteiger partial charge < -0.3 is 15.6 Å². The summed E-state index contributed by atoms with van der Waals surface area (Å²) in [6.45, 7) is 1.45. The van der Waals surface area contributed by atoms with Gasteiger partial charge in [-0.1, -0.05) is 28.9 Å². The summed E-state index contributed by atoms with van der Waals surface area (Å²) in [6.07, 6.45) is 2.56. The minimum atomic E-state index is 0.658. The van der Waals surface area contributed by atoms with E-state index in [2.05, 4.69) is 10.5 Å². The van der Waals surface area contributed by atoms with Crippen molar-refractivity contribution in [2.45, 2.75) is 6.42 Å². The first kappa shape index (κ1) is 12.0. The third-order valence-electron chi connectivity index (χ3n) is 2.35. The first-order valence-corrected chi connectivity index (χ1v) is 5.83. The van der Waals surface area contributed by atoms with Gasteiger partial charge in [0, 0.05) is 17.1 Å². The number of aromatic nitrogens is 1. The maximum absolute atomic E-state index is 5.94. The van der Waals surface area contributed by atoms with E-state index in [1.165, 1.54) is 0 Å². The Morgan fingerprint density at radius 1 is 1.41 bits per heavy atom. The number of halogens is 1. The van der Waals surface area contributed by atoms with Gasteiger partial charge in [0.2, 0.25) is 0 Å². The van der Waals surface area contributed by atoms with Crippen LogP contribution < -0.4 is 11.1 Å². The van der Waals surface area contributed by atoms with E-state index < -0.39 is 0 Å². The average Bonchev–Trinajstić information content (AvgIpc) is 2.78. The van der Waals surface area contributed by atoms with Gasteiger partial charge in [0.05, 0.1) is 6.20 Å². The fraction of sp³-hybridized carbons (Fsp3) is 0.250. The monoisotopic (exact) mass is 251 g/mol. The summed E-state index contributed by atoms with van der Waals surface area (Å²) in [5, 5.41) is 7.70. The standard InChI is InChI=1S/C12H14ClN3O/c13-10-4-1-3-9(7-10)12-11(8-16-17-12)15-6-2-5-14/h1,3-4,7-8,15H,2,5-6,14H2. The molecule has 90 valence electrons. The van der Waals surface area contributed by atoms with Crippen LogP contribution in [0.2, 0.25) is 5.02 Å². The first-order valence-electron chi connectivity index (χ1n) is 5.46. The Kier molecular flexibility index (Phi) is 4.01. The lowest BCUT2D eigenvalue weighted by Gasteiger charge is -2.04. The third kappa shape index (κ3) is 2.99. The van der Waals surface area contributed by atoms with Crippen molar-refractivity contribution in [1.29, 1.82) is 0 Å². The van der Waals surface area contributed by atoms with Gasteiger partial charge in [-0.3, -0.25) is 0 Å². The zero-order valence-corrected chi connectivity index (χ0v) is 10.1. The molecular weight excluding hydrogens is 238 g/mol. The van der Waals surface area contributed by atoms with Crippen LogP contribution in [0.5, 0.6) is 0 Å². The van der Waals surface area contributed by atoms with E-state index in [0.717, 1.165) is 24.2 Å². The zero-order chi connectivity index (χ0) is 12.1. The van der Waals surface area contributed by atoms with Gasteiger partial charge in [0.25, 0.3) is 0 Å². The summed E-state index contributed by atoms with van der Waals surface area (Å²) in [4.78, 5) is 0. The largest absolute Gasteiger partial charge is 0.381 e. The predicted molar refractivity (Wildman–Crippen MR) is 69.1 cm³/mol. The van der Waals surface area contributed by atoms with Crippen LogP contribution in [-0.4, -0.2) is 18.2 Å². The smallest absolute Gasteiger partial charge is 0.189 e. The van der Waals surface area contributed by atoms with Crippen LogP contribution in [0, 0.1) is 0 Å². The van der Waals surface area contributed by atoms with Gasteiger partial charge in [-0.05, 0) is 25.1 Å². The fourth-order valence-corrected chi connectivity index (χ4v) is 1.72. The van der Waals surface area contributed by atoms with E-state index in [4.69, 9.17) is 21.9 Å². The van der Waals surface area contributed by atoms with E-state index in [1.807, 2.05) is 24.3 Å². The molecule has 1 heterocycles. The Hall–Kier alpha value is -1.52. The minimum Gasteiger partial charge on any atom is -0.381 e. The van der Waals surface area contributed by atoms with Gasteiger partial charge in [0.1, 0.15) is 5.69 Å². The van der Waals surface area contributed by atoms with Crippen LogP contribution in [0.25, 0.3) is 11.3 Å². The van der Waals surface area contributed by atoms with Crippen LogP contribution in [0.4, 0.5) is 5.69 Å². The second-order valence-corrected chi connectivity index (χ2v) is 4.08. The predicted octanol–water partition coefficient (Wildman–Crippen LogP) is 2.76. The van der Waals surface area contributed by atoms with Gasteiger partial charge in [0.15, 0.2) is 5.76 Å². The quantitative estimate of drug-likeness (QED) is 0.802. The number of hydrogen-bond acceptors (Lipinski definition) is 4. The number of nitrogens with one attached hydrogen (secondary N) is 1. The molecule has 0 aliphatic heterocycles. The molecule has 0 fully saturated rings. The van der Waals surface area contributed by atoms with Crippen molar-refractivity contribution < 1.29 is 4.52 Å². The molecule has 0 aliphatic rings. The molecule has 0 amide bonds. The second-order valence-electron chi connectivity index (χ2n) is 3.65. The Morgan fingerprint density at radius 2 is 2.29 bits per heavy atom. The molecule has 2 rings (SSSR count). The van der Waals surface area contributed by atoms with Crippen molar-refractivity contribution >= 4 is 17.3 Å². The highest BCUT2D eigenvalue weighted by molar-refractivity contribution is 6.30. The summed E-state index contributed by atoms with van der Waals surface area (Å²) in [7, 11) is 0. The van der Waals surface area contributed by atoms with Crippen LogP contribution in [-0.2, 0) is 0 Å². The molecule has 2 aromatic rings. The molecule has 1 aromatic heterocycles. The average molecular weight is 252 g/mol. The Bertz CT molecular complexity index is 484. The summed E-state index contributed by atoms with van der Waals surface area (Å²) in [5.41, 5.74) is 7.21. The van der Waals surface area contributed by atoms with E-state index >= 15 is 0 Å². The van der Waals surface area contributed by atoms with Gasteiger partial charge in [-0.15, -0.1) is 0 Å². The summed E-state index contributed by atoms with van der Waals surface area (Å²) in [6, 6.07) is 7.48. The number of benzene rings is 1. The molecule has 0 spiro atoms. The van der Waals surface area contributed by atoms with Crippen LogP contribution >= 0.6 is 11.6 Å². The highest BCUT2D eigenvalue weighted by atomic mass is 35.5. The molecule has 0 unspecified atom stereocenters. The molecule has 0 saturated carbocycles. The highest BCUT2D eigenvalue weighted by Gasteiger charge is 2.10. The summed E-state index contributed by atoms with van der Waals surface area (Å²) < 4.78 is 5.23. The molecule has 5 heteroatoms. The van der Waals surface area contributed by atoms with Crippen molar-refractivity contribution in [3.05, 3.63) is 35.5 Å². The molecule has 1 aromatic carbocycles. The van der Waals surface area contributed by atoms with Crippen molar-refractivity contribution in [2.24, 2.45) is 5.73 Å². The van der Waals surface area contributed by atoms with Crippen molar-refractivity contribution in [2.75, 3.05) is 18.4 Å². The van der Waals surface area contributed by atoms with E-state index in [1.54, 1.807) is 6.20 Å². The van der Waals surface area contributed by atoms with Gasteiger partial charge in [-0.25, -0.2) is 0 Å². The van der Waals surface area contributed by atoms with Crippen molar-refractivity contribution in [3.63, 3.8) is 0 Å². The van der Waals surface area contributed by atoms with Gasteiger partial charge >= 0.3 is 0 Å². The first-order chi connectivity index (χ1) is 8.31. The number of hydrogen-bond donors (Lipinski definition) is 2. The van der Waals surface area contributed by atoms with Crippen molar-refractivity contribution in [3.8, 4) is 11.3 Å². The molecule has 0 radical (unpaired) electrons. The Morgan fingerprint density at radius 3 is 3.06 bits per heavy atom. The normalized spacial score (nSPS) is 10.5. The molecule has 0 atom stereocenters. The molecule has 3 N–H and O–H groups in total. The maximum atomic E-state index is 5.94. The molecular formula is C12H14ClN3O. The third-order valence-corrected chi connectivity index (χ3v) is 2.59. The fourth-order valence-electron chi connectivity index (χ4n) is 1.53. The lowest BCUT2D eigenvalue weighted by atomic mass is 10.1. The summed E-state index contributed by atoms with van der Waals surface area (Å²) in [5.74, 6) is 0.699. The topological polar surface area (TPSA) is 64.1 Å². The van der Waals surface area contributed by atoms with Gasteiger partial charge in [-0.2, -0.15) is 0 Å².